The summed E-state index contributed by atoms with van der Waals surface area (Å²) < 4.78 is 15.8. The SMILES string of the molecule is Cn1ccnc1-c1cc(F)cc(C(=O)NCc2ccc(N3CCCC3=O)cc2)c1. The quantitative estimate of drug-likeness (QED) is 0.725. The molecule has 3 aromatic rings. The molecule has 0 aliphatic carbocycles. The molecular formula is C22H21FN4O2. The first-order valence-corrected chi connectivity index (χ1v) is 9.47. The normalized spacial score (nSPS) is 13.7. The van der Waals surface area contributed by atoms with Gasteiger partial charge in [-0.05, 0) is 42.3 Å². The number of nitrogens with zero attached hydrogens (tertiary/aromatic N) is 3. The molecule has 2 amide bonds. The fraction of sp³-hybridized carbons (Fsp3) is 0.227. The summed E-state index contributed by atoms with van der Waals surface area (Å²) >= 11 is 0. The van der Waals surface area contributed by atoms with Crippen LogP contribution in [0.4, 0.5) is 10.1 Å². The first-order chi connectivity index (χ1) is 14.0. The Labute approximate surface area is 168 Å². The number of hydrogen-bond donors (Lipinski definition) is 1. The van der Waals surface area contributed by atoms with Crippen molar-refractivity contribution in [3.05, 3.63) is 71.8 Å². The van der Waals surface area contributed by atoms with E-state index in [1.807, 2.05) is 31.3 Å². The number of nitrogens with one attached hydrogen (secondary N) is 1. The summed E-state index contributed by atoms with van der Waals surface area (Å²) in [7, 11) is 1.81. The van der Waals surface area contributed by atoms with Crippen LogP contribution in [0.1, 0.15) is 28.8 Å². The number of imidazole rings is 1. The number of aryl methyl sites for hydroxylation is 1. The van der Waals surface area contributed by atoms with E-state index in [4.69, 9.17) is 0 Å². The summed E-state index contributed by atoms with van der Waals surface area (Å²) in [5.74, 6) is -0.125. The Balaban J connectivity index is 1.44. The Bertz CT molecular complexity index is 1060. The summed E-state index contributed by atoms with van der Waals surface area (Å²) in [6.07, 6.45) is 4.86. The van der Waals surface area contributed by atoms with E-state index in [1.54, 1.807) is 27.9 Å². The molecule has 2 aromatic carbocycles. The van der Waals surface area contributed by atoms with Crippen molar-refractivity contribution >= 4 is 17.5 Å². The van der Waals surface area contributed by atoms with Crippen LogP contribution in [0.5, 0.6) is 0 Å². The number of benzene rings is 2. The van der Waals surface area contributed by atoms with Gasteiger partial charge in [-0.1, -0.05) is 12.1 Å². The van der Waals surface area contributed by atoms with Crippen LogP contribution in [0.2, 0.25) is 0 Å². The molecule has 1 aromatic heterocycles. The van der Waals surface area contributed by atoms with Crippen molar-refractivity contribution in [1.29, 1.82) is 0 Å². The maximum absolute atomic E-state index is 14.0. The third kappa shape index (κ3) is 4.03. The van der Waals surface area contributed by atoms with Crippen LogP contribution < -0.4 is 10.2 Å². The molecule has 0 radical (unpaired) electrons. The van der Waals surface area contributed by atoms with Gasteiger partial charge in [0.15, 0.2) is 0 Å². The number of amides is 2. The van der Waals surface area contributed by atoms with Crippen LogP contribution in [-0.4, -0.2) is 27.9 Å². The lowest BCUT2D eigenvalue weighted by Crippen LogP contribution is -2.24. The second-order valence-electron chi connectivity index (χ2n) is 7.09. The van der Waals surface area contributed by atoms with Crippen molar-refractivity contribution in [2.75, 3.05) is 11.4 Å². The minimum Gasteiger partial charge on any atom is -0.348 e. The third-order valence-corrected chi connectivity index (χ3v) is 5.01. The van der Waals surface area contributed by atoms with E-state index in [0.29, 0.717) is 24.4 Å². The minimum atomic E-state index is -0.490. The van der Waals surface area contributed by atoms with E-state index < -0.39 is 5.82 Å². The van der Waals surface area contributed by atoms with Gasteiger partial charge in [0, 0.05) is 55.8 Å². The molecule has 4 rings (SSSR count). The zero-order chi connectivity index (χ0) is 20.4. The van der Waals surface area contributed by atoms with E-state index in [2.05, 4.69) is 10.3 Å². The summed E-state index contributed by atoms with van der Waals surface area (Å²) in [6, 6.07) is 11.7. The zero-order valence-corrected chi connectivity index (χ0v) is 16.1. The number of carbonyl (C=O) groups is 2. The fourth-order valence-electron chi connectivity index (χ4n) is 3.49. The van der Waals surface area contributed by atoms with E-state index in [9.17, 15) is 14.0 Å². The smallest absolute Gasteiger partial charge is 0.251 e. The van der Waals surface area contributed by atoms with Crippen molar-refractivity contribution in [3.63, 3.8) is 0 Å². The van der Waals surface area contributed by atoms with Gasteiger partial charge in [-0.15, -0.1) is 0 Å². The van der Waals surface area contributed by atoms with Crippen molar-refractivity contribution in [2.24, 2.45) is 7.05 Å². The van der Waals surface area contributed by atoms with Crippen LogP contribution in [0.25, 0.3) is 11.4 Å². The van der Waals surface area contributed by atoms with Gasteiger partial charge >= 0.3 is 0 Å². The molecule has 1 fully saturated rings. The van der Waals surface area contributed by atoms with E-state index in [1.165, 1.54) is 12.1 Å². The molecule has 148 valence electrons. The van der Waals surface area contributed by atoms with Gasteiger partial charge in [0.25, 0.3) is 5.91 Å². The molecule has 7 heteroatoms. The Morgan fingerprint density at radius 3 is 2.66 bits per heavy atom. The molecule has 0 unspecified atom stereocenters. The van der Waals surface area contributed by atoms with Gasteiger partial charge in [-0.2, -0.15) is 0 Å². The monoisotopic (exact) mass is 392 g/mol. The molecule has 0 saturated carbocycles. The van der Waals surface area contributed by atoms with Gasteiger partial charge in [0.2, 0.25) is 5.91 Å². The van der Waals surface area contributed by atoms with Gasteiger partial charge in [0.1, 0.15) is 11.6 Å². The summed E-state index contributed by atoms with van der Waals surface area (Å²) in [4.78, 5) is 30.3. The van der Waals surface area contributed by atoms with Gasteiger partial charge in [0.05, 0.1) is 0 Å². The molecule has 0 bridgehead atoms. The first kappa shape index (κ1) is 18.9. The second-order valence-corrected chi connectivity index (χ2v) is 7.09. The Kier molecular flexibility index (Phi) is 5.12. The average Bonchev–Trinajstić information content (AvgIpc) is 3.34. The van der Waals surface area contributed by atoms with Gasteiger partial charge in [-0.3, -0.25) is 9.59 Å². The lowest BCUT2D eigenvalue weighted by atomic mass is 10.1. The van der Waals surface area contributed by atoms with E-state index in [-0.39, 0.29) is 17.4 Å². The van der Waals surface area contributed by atoms with Gasteiger partial charge in [-0.25, -0.2) is 9.37 Å². The molecule has 1 aliphatic rings. The Morgan fingerprint density at radius 2 is 2.00 bits per heavy atom. The van der Waals surface area contributed by atoms with E-state index in [0.717, 1.165) is 24.2 Å². The van der Waals surface area contributed by atoms with Crippen molar-refractivity contribution < 1.29 is 14.0 Å². The molecule has 1 saturated heterocycles. The molecule has 1 aliphatic heterocycles. The topological polar surface area (TPSA) is 67.2 Å². The summed E-state index contributed by atoms with van der Waals surface area (Å²) in [5.41, 5.74) is 2.55. The maximum atomic E-state index is 14.0. The number of aromatic nitrogens is 2. The predicted molar refractivity (Wildman–Crippen MR) is 108 cm³/mol. The number of carbonyl (C=O) groups excluding carboxylic acids is 2. The van der Waals surface area contributed by atoms with Crippen molar-refractivity contribution in [2.45, 2.75) is 19.4 Å². The van der Waals surface area contributed by atoms with Crippen LogP contribution in [0.3, 0.4) is 0 Å². The number of halogens is 1. The number of hydrogen-bond acceptors (Lipinski definition) is 3. The zero-order valence-electron chi connectivity index (χ0n) is 16.1. The molecule has 6 nitrogen and oxygen atoms in total. The summed E-state index contributed by atoms with van der Waals surface area (Å²) in [5, 5.41) is 2.81. The maximum Gasteiger partial charge on any atom is 0.251 e. The predicted octanol–water partition coefficient (Wildman–Crippen LogP) is 3.28. The minimum absolute atomic E-state index is 0.140. The highest BCUT2D eigenvalue weighted by Gasteiger charge is 2.21. The molecule has 1 N–H and O–H groups in total. The van der Waals surface area contributed by atoms with Crippen LogP contribution in [0, 0.1) is 5.82 Å². The highest BCUT2D eigenvalue weighted by Crippen LogP contribution is 2.22. The lowest BCUT2D eigenvalue weighted by Gasteiger charge is -2.16. The molecule has 0 spiro atoms. The van der Waals surface area contributed by atoms with E-state index >= 15 is 0 Å². The summed E-state index contributed by atoms with van der Waals surface area (Å²) in [6.45, 7) is 1.05. The third-order valence-electron chi connectivity index (χ3n) is 5.01. The van der Waals surface area contributed by atoms with Crippen molar-refractivity contribution in [1.82, 2.24) is 14.9 Å². The molecule has 0 atom stereocenters. The standard InChI is InChI=1S/C22H21FN4O2/c1-26-10-8-24-21(26)16-11-17(13-18(23)12-16)22(29)25-14-15-4-6-19(7-5-15)27-9-2-3-20(27)28/h4-8,10-13H,2-3,9,14H2,1H3,(H,25,29). The van der Waals surface area contributed by atoms with Crippen LogP contribution in [-0.2, 0) is 18.4 Å². The van der Waals surface area contributed by atoms with Gasteiger partial charge < -0.3 is 14.8 Å². The van der Waals surface area contributed by atoms with Crippen LogP contribution >= 0.6 is 0 Å². The molecule has 2 heterocycles. The Morgan fingerprint density at radius 1 is 1.21 bits per heavy atom. The lowest BCUT2D eigenvalue weighted by molar-refractivity contribution is -0.117. The van der Waals surface area contributed by atoms with Crippen molar-refractivity contribution in [3.8, 4) is 11.4 Å². The highest BCUT2D eigenvalue weighted by molar-refractivity contribution is 5.96. The Hall–Kier alpha value is -3.48. The number of anilines is 1. The largest absolute Gasteiger partial charge is 0.348 e. The second kappa shape index (κ2) is 7.87. The molecular weight excluding hydrogens is 371 g/mol. The highest BCUT2D eigenvalue weighted by atomic mass is 19.1. The first-order valence-electron chi connectivity index (χ1n) is 9.47. The fourth-order valence-corrected chi connectivity index (χ4v) is 3.49. The average molecular weight is 392 g/mol. The van der Waals surface area contributed by atoms with Crippen LogP contribution in [0.15, 0.2) is 54.9 Å². The number of rotatable bonds is 5. The molecule has 29 heavy (non-hydrogen) atoms.